The van der Waals surface area contributed by atoms with Crippen LogP contribution in [-0.2, 0) is 0 Å². The molecule has 1 aromatic heterocycles. The van der Waals surface area contributed by atoms with Gasteiger partial charge in [0.1, 0.15) is 11.2 Å². The Morgan fingerprint density at radius 3 is 2.73 bits per heavy atom. The van der Waals surface area contributed by atoms with E-state index in [-0.39, 0.29) is 0 Å². The van der Waals surface area contributed by atoms with Gasteiger partial charge in [-0.1, -0.05) is 24.3 Å². The highest BCUT2D eigenvalue weighted by Gasteiger charge is 2.10. The number of para-hydroxylation sites is 1. The maximum absolute atomic E-state index is 5.86. The van der Waals surface area contributed by atoms with Gasteiger partial charge in [0.25, 0.3) is 0 Å². The molecule has 3 aromatic rings. The van der Waals surface area contributed by atoms with Crippen molar-refractivity contribution in [2.75, 3.05) is 0 Å². The molecule has 15 heavy (non-hydrogen) atoms. The van der Waals surface area contributed by atoms with Crippen molar-refractivity contribution >= 4 is 44.5 Å². The molecule has 0 bridgehead atoms. The Kier molecular flexibility index (Phi) is 1.99. The fourth-order valence-electron chi connectivity index (χ4n) is 1.96. The van der Waals surface area contributed by atoms with Gasteiger partial charge in [0.05, 0.1) is 3.57 Å². The second-order valence-corrected chi connectivity index (χ2v) is 4.83. The van der Waals surface area contributed by atoms with E-state index >= 15 is 0 Å². The van der Waals surface area contributed by atoms with Gasteiger partial charge in [0.2, 0.25) is 0 Å². The van der Waals surface area contributed by atoms with Gasteiger partial charge in [-0.3, -0.25) is 0 Å². The molecule has 0 amide bonds. The monoisotopic (exact) mass is 308 g/mol. The van der Waals surface area contributed by atoms with Crippen LogP contribution in [0.25, 0.3) is 21.9 Å². The van der Waals surface area contributed by atoms with Crippen molar-refractivity contribution in [2.45, 2.75) is 6.92 Å². The van der Waals surface area contributed by atoms with Crippen LogP contribution in [0.15, 0.2) is 40.8 Å². The zero-order chi connectivity index (χ0) is 10.4. The van der Waals surface area contributed by atoms with Crippen molar-refractivity contribution in [3.05, 3.63) is 45.5 Å². The summed E-state index contributed by atoms with van der Waals surface area (Å²) in [7, 11) is 0. The first kappa shape index (κ1) is 9.21. The molecule has 0 aliphatic heterocycles. The molecule has 0 atom stereocenters. The first-order valence-corrected chi connectivity index (χ1v) is 5.91. The fourth-order valence-corrected chi connectivity index (χ4v) is 2.52. The van der Waals surface area contributed by atoms with Crippen LogP contribution in [0.4, 0.5) is 0 Å². The maximum Gasteiger partial charge on any atom is 0.148 e. The molecule has 0 saturated carbocycles. The highest BCUT2D eigenvalue weighted by atomic mass is 127. The molecule has 0 saturated heterocycles. The van der Waals surface area contributed by atoms with Gasteiger partial charge in [0.15, 0.2) is 0 Å². The minimum Gasteiger partial charge on any atom is -0.455 e. The van der Waals surface area contributed by atoms with Crippen LogP contribution in [0, 0.1) is 10.5 Å². The van der Waals surface area contributed by atoms with Crippen molar-refractivity contribution in [3.63, 3.8) is 0 Å². The van der Waals surface area contributed by atoms with Gasteiger partial charge in [0, 0.05) is 10.8 Å². The molecule has 0 aliphatic rings. The maximum atomic E-state index is 5.86. The molecule has 2 aromatic carbocycles. The molecular formula is C13H9IO. The summed E-state index contributed by atoms with van der Waals surface area (Å²) in [6.07, 6.45) is 0. The van der Waals surface area contributed by atoms with E-state index < -0.39 is 0 Å². The zero-order valence-corrected chi connectivity index (χ0v) is 10.4. The summed E-state index contributed by atoms with van der Waals surface area (Å²) >= 11 is 2.32. The van der Waals surface area contributed by atoms with Gasteiger partial charge in [-0.05, 0) is 47.2 Å². The summed E-state index contributed by atoms with van der Waals surface area (Å²) in [4.78, 5) is 0. The summed E-state index contributed by atoms with van der Waals surface area (Å²) in [5.41, 5.74) is 3.26. The third-order valence-corrected chi connectivity index (χ3v) is 3.54. The Hall–Kier alpha value is -1.03. The van der Waals surface area contributed by atoms with E-state index in [0.29, 0.717) is 0 Å². The molecule has 0 unspecified atom stereocenters. The van der Waals surface area contributed by atoms with Crippen LogP contribution in [0.3, 0.4) is 0 Å². The van der Waals surface area contributed by atoms with E-state index in [9.17, 15) is 0 Å². The van der Waals surface area contributed by atoms with E-state index in [2.05, 4.69) is 53.8 Å². The zero-order valence-electron chi connectivity index (χ0n) is 8.25. The van der Waals surface area contributed by atoms with E-state index in [1.165, 1.54) is 19.9 Å². The SMILES string of the molecule is Cc1ccc(I)c2oc3ccccc3c12. The molecule has 0 aliphatic carbocycles. The second kappa shape index (κ2) is 3.23. The number of fused-ring (bicyclic) bond motifs is 3. The van der Waals surface area contributed by atoms with Crippen LogP contribution in [0.5, 0.6) is 0 Å². The molecule has 1 heterocycles. The smallest absolute Gasteiger partial charge is 0.148 e. The topological polar surface area (TPSA) is 13.1 Å². The molecule has 0 fully saturated rings. The van der Waals surface area contributed by atoms with E-state index in [1.54, 1.807) is 0 Å². The third kappa shape index (κ3) is 1.28. The summed E-state index contributed by atoms with van der Waals surface area (Å²) < 4.78 is 7.03. The minimum absolute atomic E-state index is 0.972. The number of furan rings is 1. The Balaban J connectivity index is 2.66. The Morgan fingerprint density at radius 2 is 1.87 bits per heavy atom. The Labute approximate surface area is 101 Å². The highest BCUT2D eigenvalue weighted by Crippen LogP contribution is 2.33. The molecule has 0 N–H and O–H groups in total. The predicted molar refractivity (Wildman–Crippen MR) is 71.2 cm³/mol. The number of hydrogen-bond acceptors (Lipinski definition) is 1. The Bertz CT molecular complexity index is 652. The molecule has 0 radical (unpaired) electrons. The third-order valence-electron chi connectivity index (χ3n) is 2.69. The average molecular weight is 308 g/mol. The lowest BCUT2D eigenvalue weighted by Gasteiger charge is -1.96. The fraction of sp³-hybridized carbons (Fsp3) is 0.0769. The molecule has 74 valence electrons. The largest absolute Gasteiger partial charge is 0.455 e. The number of hydrogen-bond donors (Lipinski definition) is 0. The van der Waals surface area contributed by atoms with Crippen molar-refractivity contribution in [1.82, 2.24) is 0 Å². The van der Waals surface area contributed by atoms with E-state index in [1.807, 2.05) is 12.1 Å². The van der Waals surface area contributed by atoms with Crippen molar-refractivity contribution < 1.29 is 4.42 Å². The normalized spacial score (nSPS) is 11.3. The molecule has 2 heteroatoms. The quantitative estimate of drug-likeness (QED) is 0.557. The number of benzene rings is 2. The van der Waals surface area contributed by atoms with E-state index in [0.717, 1.165) is 11.2 Å². The van der Waals surface area contributed by atoms with Crippen LogP contribution < -0.4 is 0 Å². The summed E-state index contributed by atoms with van der Waals surface area (Å²) in [6.45, 7) is 2.13. The van der Waals surface area contributed by atoms with Gasteiger partial charge in [-0.15, -0.1) is 0 Å². The summed E-state index contributed by atoms with van der Waals surface area (Å²) in [6, 6.07) is 12.4. The van der Waals surface area contributed by atoms with Crippen LogP contribution >= 0.6 is 22.6 Å². The minimum atomic E-state index is 0.972. The summed E-state index contributed by atoms with van der Waals surface area (Å²) in [5, 5.41) is 2.46. The van der Waals surface area contributed by atoms with Crippen molar-refractivity contribution in [3.8, 4) is 0 Å². The van der Waals surface area contributed by atoms with Gasteiger partial charge >= 0.3 is 0 Å². The molecular weight excluding hydrogens is 299 g/mol. The number of rotatable bonds is 0. The highest BCUT2D eigenvalue weighted by molar-refractivity contribution is 14.1. The van der Waals surface area contributed by atoms with Crippen LogP contribution in [0.2, 0.25) is 0 Å². The Morgan fingerprint density at radius 1 is 1.07 bits per heavy atom. The number of halogens is 1. The molecule has 3 rings (SSSR count). The first-order chi connectivity index (χ1) is 7.27. The molecule has 0 spiro atoms. The lowest BCUT2D eigenvalue weighted by Crippen LogP contribution is -1.77. The second-order valence-electron chi connectivity index (χ2n) is 3.67. The van der Waals surface area contributed by atoms with Gasteiger partial charge in [-0.2, -0.15) is 0 Å². The predicted octanol–water partition coefficient (Wildman–Crippen LogP) is 4.50. The first-order valence-electron chi connectivity index (χ1n) is 4.84. The summed E-state index contributed by atoms with van der Waals surface area (Å²) in [5.74, 6) is 0. The van der Waals surface area contributed by atoms with Gasteiger partial charge in [-0.25, -0.2) is 0 Å². The van der Waals surface area contributed by atoms with Gasteiger partial charge < -0.3 is 4.42 Å². The molecule has 1 nitrogen and oxygen atoms in total. The van der Waals surface area contributed by atoms with E-state index in [4.69, 9.17) is 4.42 Å². The standard InChI is InChI=1S/C13H9IO/c1-8-6-7-10(14)13-12(8)9-4-2-3-5-11(9)15-13/h2-7H,1H3. The van der Waals surface area contributed by atoms with Crippen LogP contribution in [-0.4, -0.2) is 0 Å². The lowest BCUT2D eigenvalue weighted by atomic mass is 10.1. The van der Waals surface area contributed by atoms with Crippen molar-refractivity contribution in [2.24, 2.45) is 0 Å². The number of aryl methyl sites for hydroxylation is 1. The van der Waals surface area contributed by atoms with Crippen LogP contribution in [0.1, 0.15) is 5.56 Å². The average Bonchev–Trinajstić information content (AvgIpc) is 2.64. The van der Waals surface area contributed by atoms with Crippen molar-refractivity contribution in [1.29, 1.82) is 0 Å². The lowest BCUT2D eigenvalue weighted by molar-refractivity contribution is 0.666.